The van der Waals surface area contributed by atoms with Gasteiger partial charge in [0.2, 0.25) is 11.8 Å². The van der Waals surface area contributed by atoms with E-state index >= 15 is 0 Å². The van der Waals surface area contributed by atoms with Gasteiger partial charge in [-0.2, -0.15) is 0 Å². The molecule has 0 aromatic heterocycles. The largest absolute Gasteiger partial charge is 0.356 e. The van der Waals surface area contributed by atoms with Crippen LogP contribution < -0.4 is 10.6 Å². The van der Waals surface area contributed by atoms with E-state index in [1.807, 2.05) is 4.90 Å². The molecule has 2 aliphatic rings. The van der Waals surface area contributed by atoms with Crippen molar-refractivity contribution in [2.75, 3.05) is 32.7 Å². The number of nitrogens with zero attached hydrogens (tertiary/aromatic N) is 1. The topological polar surface area (TPSA) is 61.4 Å². The minimum absolute atomic E-state index is 0.0127. The van der Waals surface area contributed by atoms with Crippen LogP contribution >= 0.6 is 0 Å². The number of likely N-dealkylation sites (tertiary alicyclic amines) is 1. The normalized spacial score (nSPS) is 23.9. The molecule has 0 bridgehead atoms. The lowest BCUT2D eigenvalue weighted by Gasteiger charge is -2.35. The van der Waals surface area contributed by atoms with Gasteiger partial charge in [0, 0.05) is 25.6 Å². The third-order valence-corrected chi connectivity index (χ3v) is 4.62. The molecule has 1 atom stereocenters. The molecule has 2 rings (SSSR count). The Hall–Kier alpha value is -1.10. The van der Waals surface area contributed by atoms with Crippen LogP contribution in [0.1, 0.15) is 45.4 Å². The van der Waals surface area contributed by atoms with E-state index in [0.717, 1.165) is 64.7 Å². The molecule has 5 nitrogen and oxygen atoms in total. The number of carbonyl (C=O) groups excluding carboxylic acids is 2. The summed E-state index contributed by atoms with van der Waals surface area (Å²) in [7, 11) is 0. The maximum absolute atomic E-state index is 12.5. The zero-order valence-electron chi connectivity index (χ0n) is 13.2. The van der Waals surface area contributed by atoms with Crippen molar-refractivity contribution in [2.45, 2.75) is 45.4 Å². The van der Waals surface area contributed by atoms with Crippen LogP contribution in [0.25, 0.3) is 0 Å². The van der Waals surface area contributed by atoms with Gasteiger partial charge in [0.05, 0.1) is 5.92 Å². The first-order chi connectivity index (χ1) is 10.2. The van der Waals surface area contributed by atoms with Crippen molar-refractivity contribution in [3.8, 4) is 0 Å². The molecule has 0 aromatic carbocycles. The number of hydrogen-bond donors (Lipinski definition) is 2. The molecular weight excluding hydrogens is 266 g/mol. The third kappa shape index (κ3) is 4.70. The quantitative estimate of drug-likeness (QED) is 0.748. The van der Waals surface area contributed by atoms with E-state index in [9.17, 15) is 9.59 Å². The molecule has 21 heavy (non-hydrogen) atoms. The number of carbonyl (C=O) groups is 2. The van der Waals surface area contributed by atoms with Crippen molar-refractivity contribution in [2.24, 2.45) is 11.8 Å². The molecule has 2 amide bonds. The Bertz CT molecular complexity index is 353. The predicted molar refractivity (Wildman–Crippen MR) is 82.8 cm³/mol. The Morgan fingerprint density at radius 2 is 1.95 bits per heavy atom. The lowest BCUT2D eigenvalue weighted by atomic mass is 9.92. The molecule has 5 heteroatoms. The Balaban J connectivity index is 1.81. The fourth-order valence-electron chi connectivity index (χ4n) is 3.25. The minimum atomic E-state index is -0.0127. The van der Waals surface area contributed by atoms with E-state index in [4.69, 9.17) is 0 Å². The van der Waals surface area contributed by atoms with Gasteiger partial charge in [-0.3, -0.25) is 9.59 Å². The van der Waals surface area contributed by atoms with Crippen molar-refractivity contribution >= 4 is 11.8 Å². The van der Waals surface area contributed by atoms with Crippen molar-refractivity contribution in [3.05, 3.63) is 0 Å². The van der Waals surface area contributed by atoms with Crippen LogP contribution in [0, 0.1) is 11.8 Å². The second-order valence-corrected chi connectivity index (χ2v) is 6.29. The number of amides is 2. The fourth-order valence-corrected chi connectivity index (χ4v) is 3.25. The van der Waals surface area contributed by atoms with Crippen LogP contribution in [0.15, 0.2) is 0 Å². The highest BCUT2D eigenvalue weighted by atomic mass is 16.2. The molecule has 0 radical (unpaired) electrons. The number of unbranched alkanes of at least 4 members (excludes halogenated alkanes) is 1. The molecule has 1 unspecified atom stereocenters. The number of nitrogens with one attached hydrogen (secondary N) is 2. The van der Waals surface area contributed by atoms with Crippen LogP contribution in [0.2, 0.25) is 0 Å². The summed E-state index contributed by atoms with van der Waals surface area (Å²) in [5, 5.41) is 6.30. The average Bonchev–Trinajstić information content (AvgIpc) is 2.55. The second kappa shape index (κ2) is 8.37. The zero-order chi connectivity index (χ0) is 15.1. The molecule has 2 aliphatic heterocycles. The SMILES string of the molecule is CCCCNC(=O)C1CCCN(C(=O)C2CCNCC2)C1. The van der Waals surface area contributed by atoms with Crippen LogP contribution in [-0.4, -0.2) is 49.4 Å². The summed E-state index contributed by atoms with van der Waals surface area (Å²) in [6.45, 7) is 6.18. The van der Waals surface area contributed by atoms with Gasteiger partial charge in [-0.25, -0.2) is 0 Å². The van der Waals surface area contributed by atoms with Crippen molar-refractivity contribution < 1.29 is 9.59 Å². The van der Waals surface area contributed by atoms with Gasteiger partial charge < -0.3 is 15.5 Å². The lowest BCUT2D eigenvalue weighted by molar-refractivity contribution is -0.140. The summed E-state index contributed by atoms with van der Waals surface area (Å²) in [6, 6.07) is 0. The number of piperidine rings is 2. The molecule has 2 saturated heterocycles. The van der Waals surface area contributed by atoms with Crippen LogP contribution in [0.4, 0.5) is 0 Å². The maximum Gasteiger partial charge on any atom is 0.225 e. The summed E-state index contributed by atoms with van der Waals surface area (Å²) >= 11 is 0. The zero-order valence-corrected chi connectivity index (χ0v) is 13.2. The molecule has 120 valence electrons. The van der Waals surface area contributed by atoms with E-state index in [1.165, 1.54) is 0 Å². The Morgan fingerprint density at radius 1 is 1.19 bits per heavy atom. The molecule has 2 heterocycles. The van der Waals surface area contributed by atoms with Gasteiger partial charge in [0.1, 0.15) is 0 Å². The van der Waals surface area contributed by atoms with E-state index in [0.29, 0.717) is 6.54 Å². The monoisotopic (exact) mass is 295 g/mol. The van der Waals surface area contributed by atoms with E-state index in [2.05, 4.69) is 17.6 Å². The summed E-state index contributed by atoms with van der Waals surface area (Å²) in [6.07, 6.45) is 5.84. The second-order valence-electron chi connectivity index (χ2n) is 6.29. The van der Waals surface area contributed by atoms with E-state index < -0.39 is 0 Å². The first-order valence-corrected chi connectivity index (χ1v) is 8.49. The smallest absolute Gasteiger partial charge is 0.225 e. The van der Waals surface area contributed by atoms with Crippen molar-refractivity contribution in [1.82, 2.24) is 15.5 Å². The minimum Gasteiger partial charge on any atom is -0.356 e. The average molecular weight is 295 g/mol. The highest BCUT2D eigenvalue weighted by Gasteiger charge is 2.32. The summed E-state index contributed by atoms with van der Waals surface area (Å²) in [5.74, 6) is 0.545. The Kier molecular flexibility index (Phi) is 6.49. The van der Waals surface area contributed by atoms with Crippen LogP contribution in [0.5, 0.6) is 0 Å². The van der Waals surface area contributed by atoms with Crippen molar-refractivity contribution in [1.29, 1.82) is 0 Å². The molecule has 0 saturated carbocycles. The van der Waals surface area contributed by atoms with E-state index in [1.54, 1.807) is 0 Å². The summed E-state index contributed by atoms with van der Waals surface area (Å²) in [5.41, 5.74) is 0. The van der Waals surface area contributed by atoms with Gasteiger partial charge >= 0.3 is 0 Å². The first kappa shape index (κ1) is 16.3. The van der Waals surface area contributed by atoms with Gasteiger partial charge in [0.15, 0.2) is 0 Å². The molecule has 0 spiro atoms. The van der Waals surface area contributed by atoms with Crippen LogP contribution in [0.3, 0.4) is 0 Å². The third-order valence-electron chi connectivity index (χ3n) is 4.62. The molecule has 2 N–H and O–H groups in total. The fraction of sp³-hybridized carbons (Fsp3) is 0.875. The maximum atomic E-state index is 12.5. The molecule has 0 aromatic rings. The predicted octanol–water partition coefficient (Wildman–Crippen LogP) is 1.14. The first-order valence-electron chi connectivity index (χ1n) is 8.49. The standard InChI is InChI=1S/C16H29N3O2/c1-2-3-8-18-15(20)14-5-4-11-19(12-14)16(21)13-6-9-17-10-7-13/h13-14,17H,2-12H2,1H3,(H,18,20). The highest BCUT2D eigenvalue weighted by Crippen LogP contribution is 2.22. The van der Waals surface area contributed by atoms with Gasteiger partial charge in [0.25, 0.3) is 0 Å². The molecule has 0 aliphatic carbocycles. The number of rotatable bonds is 5. The van der Waals surface area contributed by atoms with E-state index in [-0.39, 0.29) is 23.7 Å². The van der Waals surface area contributed by atoms with Crippen molar-refractivity contribution in [3.63, 3.8) is 0 Å². The Morgan fingerprint density at radius 3 is 2.67 bits per heavy atom. The summed E-state index contributed by atoms with van der Waals surface area (Å²) in [4.78, 5) is 26.6. The summed E-state index contributed by atoms with van der Waals surface area (Å²) < 4.78 is 0. The highest BCUT2D eigenvalue weighted by molar-refractivity contribution is 5.82. The number of hydrogen-bond acceptors (Lipinski definition) is 3. The van der Waals surface area contributed by atoms with Gasteiger partial charge in [-0.05, 0) is 45.2 Å². The molecule has 2 fully saturated rings. The van der Waals surface area contributed by atoms with Crippen LogP contribution in [-0.2, 0) is 9.59 Å². The van der Waals surface area contributed by atoms with Gasteiger partial charge in [-0.1, -0.05) is 13.3 Å². The van der Waals surface area contributed by atoms with Gasteiger partial charge in [-0.15, -0.1) is 0 Å². The Labute approximate surface area is 127 Å². The molecular formula is C16H29N3O2. The lowest BCUT2D eigenvalue weighted by Crippen LogP contribution is -2.48.